The fourth-order valence-electron chi connectivity index (χ4n) is 2.56. The van der Waals surface area contributed by atoms with Crippen LogP contribution in [-0.2, 0) is 0 Å². The van der Waals surface area contributed by atoms with Crippen LogP contribution in [-0.4, -0.2) is 38.1 Å². The maximum absolute atomic E-state index is 12.4. The van der Waals surface area contributed by atoms with E-state index in [9.17, 15) is 4.79 Å². The highest BCUT2D eigenvalue weighted by molar-refractivity contribution is 7.19. The lowest BCUT2D eigenvalue weighted by Crippen LogP contribution is -2.43. The SMILES string of the molecule is CC(C)Oc1c(N2CCNCC2)sc(C(=O)C2CC2)c1N. The summed E-state index contributed by atoms with van der Waals surface area (Å²) in [5.74, 6) is 1.10. The number of carbonyl (C=O) groups is 1. The highest BCUT2D eigenvalue weighted by Gasteiger charge is 2.35. The molecule has 0 aromatic carbocycles. The molecule has 1 aliphatic heterocycles. The number of ether oxygens (including phenoxy) is 1. The van der Waals surface area contributed by atoms with Gasteiger partial charge in [-0.15, -0.1) is 11.3 Å². The van der Waals surface area contributed by atoms with Crippen molar-refractivity contribution in [3.63, 3.8) is 0 Å². The van der Waals surface area contributed by atoms with Gasteiger partial charge in [0.05, 0.1) is 16.7 Å². The lowest BCUT2D eigenvalue weighted by molar-refractivity contribution is 0.0972. The van der Waals surface area contributed by atoms with Crippen molar-refractivity contribution >= 4 is 27.8 Å². The van der Waals surface area contributed by atoms with Crippen molar-refractivity contribution in [2.45, 2.75) is 32.8 Å². The lowest BCUT2D eigenvalue weighted by Gasteiger charge is -2.29. The standard InChI is InChI=1S/C15H23N3O2S/c1-9(2)20-13-11(16)14(12(19)10-3-4-10)21-15(13)18-7-5-17-6-8-18/h9-10,17H,3-8,16H2,1-2H3. The van der Waals surface area contributed by atoms with Crippen molar-refractivity contribution in [3.8, 4) is 5.75 Å². The van der Waals surface area contributed by atoms with Crippen molar-refractivity contribution in [3.05, 3.63) is 4.88 Å². The second-order valence-electron chi connectivity index (χ2n) is 6.02. The molecule has 1 saturated carbocycles. The van der Waals surface area contributed by atoms with Crippen molar-refractivity contribution < 1.29 is 9.53 Å². The molecule has 1 aromatic rings. The topological polar surface area (TPSA) is 67.6 Å². The molecule has 2 fully saturated rings. The van der Waals surface area contributed by atoms with Gasteiger partial charge in [-0.3, -0.25) is 4.79 Å². The molecule has 1 aromatic heterocycles. The number of Topliss-reactive ketones (excluding diaryl/α,β-unsaturated/α-hetero) is 1. The van der Waals surface area contributed by atoms with Crippen LogP contribution in [0.1, 0.15) is 36.4 Å². The van der Waals surface area contributed by atoms with Gasteiger partial charge in [0.25, 0.3) is 0 Å². The zero-order chi connectivity index (χ0) is 15.0. The Morgan fingerprint density at radius 2 is 2.05 bits per heavy atom. The average molecular weight is 309 g/mol. The number of piperazine rings is 1. The van der Waals surface area contributed by atoms with E-state index in [1.165, 1.54) is 11.3 Å². The summed E-state index contributed by atoms with van der Waals surface area (Å²) < 4.78 is 5.93. The molecular weight excluding hydrogens is 286 g/mol. The normalized spacial score (nSPS) is 19.1. The Morgan fingerprint density at radius 1 is 1.38 bits per heavy atom. The highest BCUT2D eigenvalue weighted by atomic mass is 32.1. The van der Waals surface area contributed by atoms with Crippen LogP contribution in [0.4, 0.5) is 10.7 Å². The first kappa shape index (κ1) is 14.7. The molecule has 2 aliphatic rings. The van der Waals surface area contributed by atoms with Crippen LogP contribution in [0.25, 0.3) is 0 Å². The Hall–Kier alpha value is -1.27. The first-order valence-corrected chi connectivity index (χ1v) is 8.48. The Labute approximate surface area is 129 Å². The molecule has 0 bridgehead atoms. The Bertz CT molecular complexity index is 531. The molecule has 0 radical (unpaired) electrons. The summed E-state index contributed by atoms with van der Waals surface area (Å²) in [5.41, 5.74) is 6.79. The number of nitrogens with two attached hydrogens (primary N) is 1. The molecule has 5 nitrogen and oxygen atoms in total. The number of nitrogens with zero attached hydrogens (tertiary/aromatic N) is 1. The molecule has 0 spiro atoms. The molecule has 6 heteroatoms. The number of hydrogen-bond donors (Lipinski definition) is 2. The highest BCUT2D eigenvalue weighted by Crippen LogP contribution is 2.48. The Kier molecular flexibility index (Phi) is 4.08. The summed E-state index contributed by atoms with van der Waals surface area (Å²) in [6.45, 7) is 7.72. The van der Waals surface area contributed by atoms with Crippen molar-refractivity contribution in [1.29, 1.82) is 0 Å². The van der Waals surface area contributed by atoms with Crippen LogP contribution in [0.5, 0.6) is 5.75 Å². The molecular formula is C15H23N3O2S. The van der Waals surface area contributed by atoms with Gasteiger partial charge in [0.1, 0.15) is 5.00 Å². The van der Waals surface area contributed by atoms with Crippen molar-refractivity contribution in [1.82, 2.24) is 5.32 Å². The minimum atomic E-state index is 0.0486. The summed E-state index contributed by atoms with van der Waals surface area (Å²) in [4.78, 5) is 15.4. The molecule has 116 valence electrons. The van der Waals surface area contributed by atoms with E-state index in [1.54, 1.807) is 0 Å². The van der Waals surface area contributed by atoms with Gasteiger partial charge in [0.2, 0.25) is 0 Å². The van der Waals surface area contributed by atoms with E-state index < -0.39 is 0 Å². The maximum atomic E-state index is 12.4. The minimum absolute atomic E-state index is 0.0486. The van der Waals surface area contributed by atoms with Gasteiger partial charge in [0, 0.05) is 32.1 Å². The van der Waals surface area contributed by atoms with E-state index >= 15 is 0 Å². The number of nitrogen functional groups attached to an aromatic ring is 1. The molecule has 21 heavy (non-hydrogen) atoms. The third-order valence-electron chi connectivity index (χ3n) is 3.81. The van der Waals surface area contributed by atoms with Gasteiger partial charge in [-0.1, -0.05) is 0 Å². The molecule has 0 amide bonds. The number of ketones is 1. The van der Waals surface area contributed by atoms with Gasteiger partial charge in [0.15, 0.2) is 11.5 Å². The largest absolute Gasteiger partial charge is 0.486 e. The molecule has 2 heterocycles. The number of carbonyl (C=O) groups excluding carboxylic acids is 1. The van der Waals surface area contributed by atoms with Crippen LogP contribution < -0.4 is 20.7 Å². The van der Waals surface area contributed by atoms with E-state index in [0.717, 1.165) is 44.0 Å². The molecule has 0 unspecified atom stereocenters. The lowest BCUT2D eigenvalue weighted by atomic mass is 10.2. The Morgan fingerprint density at radius 3 is 2.62 bits per heavy atom. The average Bonchev–Trinajstić information content (AvgIpc) is 3.26. The third kappa shape index (κ3) is 3.01. The fourth-order valence-corrected chi connectivity index (χ4v) is 3.78. The summed E-state index contributed by atoms with van der Waals surface area (Å²) in [5, 5.41) is 4.36. The maximum Gasteiger partial charge on any atom is 0.178 e. The molecule has 1 saturated heterocycles. The van der Waals surface area contributed by atoms with E-state index in [-0.39, 0.29) is 17.8 Å². The monoisotopic (exact) mass is 309 g/mol. The van der Waals surface area contributed by atoms with Crippen LogP contribution in [0.2, 0.25) is 0 Å². The predicted octanol–water partition coefficient (Wildman–Crippen LogP) is 2.12. The second-order valence-corrected chi connectivity index (χ2v) is 7.02. The Balaban J connectivity index is 1.95. The zero-order valence-electron chi connectivity index (χ0n) is 12.6. The van der Waals surface area contributed by atoms with E-state index in [0.29, 0.717) is 16.3 Å². The van der Waals surface area contributed by atoms with E-state index in [4.69, 9.17) is 10.5 Å². The predicted molar refractivity (Wildman–Crippen MR) is 86.6 cm³/mol. The van der Waals surface area contributed by atoms with Crippen LogP contribution in [0.15, 0.2) is 0 Å². The first-order valence-electron chi connectivity index (χ1n) is 7.66. The van der Waals surface area contributed by atoms with Crippen LogP contribution >= 0.6 is 11.3 Å². The quantitative estimate of drug-likeness (QED) is 0.816. The summed E-state index contributed by atoms with van der Waals surface area (Å²) in [6.07, 6.45) is 2.05. The fraction of sp³-hybridized carbons (Fsp3) is 0.667. The van der Waals surface area contributed by atoms with Crippen LogP contribution in [0.3, 0.4) is 0 Å². The summed E-state index contributed by atoms with van der Waals surface area (Å²) in [6, 6.07) is 0. The summed E-state index contributed by atoms with van der Waals surface area (Å²) >= 11 is 1.51. The third-order valence-corrected chi connectivity index (χ3v) is 5.07. The first-order chi connectivity index (χ1) is 10.1. The van der Waals surface area contributed by atoms with Gasteiger partial charge >= 0.3 is 0 Å². The van der Waals surface area contributed by atoms with Gasteiger partial charge in [-0.25, -0.2) is 0 Å². The smallest absolute Gasteiger partial charge is 0.178 e. The number of rotatable bonds is 5. The number of hydrogen-bond acceptors (Lipinski definition) is 6. The van der Waals surface area contributed by atoms with Crippen molar-refractivity contribution in [2.24, 2.45) is 5.92 Å². The molecule has 1 aliphatic carbocycles. The van der Waals surface area contributed by atoms with Gasteiger partial charge in [-0.05, 0) is 26.7 Å². The number of anilines is 2. The molecule has 0 atom stereocenters. The zero-order valence-corrected chi connectivity index (χ0v) is 13.5. The summed E-state index contributed by atoms with van der Waals surface area (Å²) in [7, 11) is 0. The minimum Gasteiger partial charge on any atom is -0.486 e. The van der Waals surface area contributed by atoms with E-state index in [2.05, 4.69) is 10.2 Å². The number of nitrogens with one attached hydrogen (secondary N) is 1. The molecule has 3 rings (SSSR count). The van der Waals surface area contributed by atoms with Gasteiger partial charge in [-0.2, -0.15) is 0 Å². The second kappa shape index (κ2) is 5.85. The van der Waals surface area contributed by atoms with Crippen LogP contribution in [0, 0.1) is 5.92 Å². The van der Waals surface area contributed by atoms with E-state index in [1.807, 2.05) is 13.8 Å². The molecule has 3 N–H and O–H groups in total. The van der Waals surface area contributed by atoms with Crippen molar-refractivity contribution in [2.75, 3.05) is 36.8 Å². The number of thiophene rings is 1. The van der Waals surface area contributed by atoms with Gasteiger partial charge < -0.3 is 20.7 Å².